The van der Waals surface area contributed by atoms with Crippen LogP contribution in [0.5, 0.6) is 0 Å². The molecule has 0 bridgehead atoms. The van der Waals surface area contributed by atoms with Crippen molar-refractivity contribution in [3.05, 3.63) is 41.6 Å². The van der Waals surface area contributed by atoms with Crippen LogP contribution in [0.15, 0.2) is 30.3 Å². The van der Waals surface area contributed by atoms with E-state index in [1.807, 2.05) is 6.92 Å². The Kier molecular flexibility index (Phi) is 3.99. The fourth-order valence-corrected chi connectivity index (χ4v) is 2.83. The average Bonchev–Trinajstić information content (AvgIpc) is 2.85. The van der Waals surface area contributed by atoms with Gasteiger partial charge in [-0.15, -0.1) is 0 Å². The first-order valence-electron chi connectivity index (χ1n) is 7.41. The van der Waals surface area contributed by atoms with Crippen molar-refractivity contribution < 1.29 is 4.74 Å². The van der Waals surface area contributed by atoms with Gasteiger partial charge in [0.25, 0.3) is 0 Å². The minimum Gasteiger partial charge on any atom is -0.378 e. The molecule has 0 radical (unpaired) electrons. The topological polar surface area (TPSA) is 34.1 Å². The molecule has 1 aliphatic heterocycles. The summed E-state index contributed by atoms with van der Waals surface area (Å²) in [6.07, 6.45) is 1.57. The van der Waals surface area contributed by atoms with E-state index >= 15 is 0 Å². The normalized spacial score (nSPS) is 22.5. The second kappa shape index (κ2) is 5.90. The molecule has 3 heteroatoms. The first-order valence-corrected chi connectivity index (χ1v) is 7.41. The standard InChI is InChI=1S/C17H22N2O/c1-12-3-5-15-9-14(4-6-17(15)19-12)10-18-11-16-7-8-20-13(16)2/h3-6,9,13,16,18H,7-8,10-11H2,1-2H3. The summed E-state index contributed by atoms with van der Waals surface area (Å²) >= 11 is 0. The SMILES string of the molecule is Cc1ccc2cc(CNCC3CCOC3C)ccc2n1. The van der Waals surface area contributed by atoms with E-state index in [2.05, 4.69) is 47.6 Å². The van der Waals surface area contributed by atoms with Crippen LogP contribution in [0.1, 0.15) is 24.6 Å². The van der Waals surface area contributed by atoms with Gasteiger partial charge in [-0.05, 0) is 49.9 Å². The molecule has 0 spiro atoms. The molecule has 106 valence electrons. The first kappa shape index (κ1) is 13.5. The van der Waals surface area contributed by atoms with Crippen molar-refractivity contribution in [2.75, 3.05) is 13.2 Å². The van der Waals surface area contributed by atoms with Gasteiger partial charge in [-0.25, -0.2) is 0 Å². The molecule has 1 aliphatic rings. The molecule has 0 saturated carbocycles. The molecule has 2 aromatic rings. The molecule has 2 unspecified atom stereocenters. The van der Waals surface area contributed by atoms with Gasteiger partial charge in [0.15, 0.2) is 0 Å². The van der Waals surface area contributed by atoms with Gasteiger partial charge in [-0.2, -0.15) is 0 Å². The van der Waals surface area contributed by atoms with Crippen molar-refractivity contribution in [2.24, 2.45) is 5.92 Å². The van der Waals surface area contributed by atoms with Gasteiger partial charge < -0.3 is 10.1 Å². The monoisotopic (exact) mass is 270 g/mol. The van der Waals surface area contributed by atoms with E-state index < -0.39 is 0 Å². The number of rotatable bonds is 4. The number of hydrogen-bond acceptors (Lipinski definition) is 3. The molecule has 20 heavy (non-hydrogen) atoms. The van der Waals surface area contributed by atoms with Crippen LogP contribution in [0, 0.1) is 12.8 Å². The van der Waals surface area contributed by atoms with Crippen molar-refractivity contribution in [2.45, 2.75) is 32.9 Å². The maximum absolute atomic E-state index is 5.59. The van der Waals surface area contributed by atoms with E-state index in [-0.39, 0.29) is 0 Å². The Morgan fingerprint density at radius 3 is 3.00 bits per heavy atom. The van der Waals surface area contributed by atoms with Crippen LogP contribution in [0.4, 0.5) is 0 Å². The molecule has 3 rings (SSSR count). The number of ether oxygens (including phenoxy) is 1. The number of hydrogen-bond donors (Lipinski definition) is 1. The zero-order chi connectivity index (χ0) is 13.9. The highest BCUT2D eigenvalue weighted by atomic mass is 16.5. The van der Waals surface area contributed by atoms with Crippen LogP contribution in [0.25, 0.3) is 10.9 Å². The molecular weight excluding hydrogens is 248 g/mol. The third kappa shape index (κ3) is 3.00. The number of nitrogens with one attached hydrogen (secondary N) is 1. The summed E-state index contributed by atoms with van der Waals surface area (Å²) in [4.78, 5) is 4.53. The van der Waals surface area contributed by atoms with E-state index in [9.17, 15) is 0 Å². The van der Waals surface area contributed by atoms with Crippen LogP contribution in [-0.2, 0) is 11.3 Å². The van der Waals surface area contributed by atoms with Crippen LogP contribution in [0.2, 0.25) is 0 Å². The van der Waals surface area contributed by atoms with E-state index in [1.165, 1.54) is 17.4 Å². The van der Waals surface area contributed by atoms with Crippen molar-refractivity contribution in [3.63, 3.8) is 0 Å². The summed E-state index contributed by atoms with van der Waals surface area (Å²) in [6.45, 7) is 7.05. The Morgan fingerprint density at radius 1 is 1.30 bits per heavy atom. The highest BCUT2D eigenvalue weighted by Gasteiger charge is 2.23. The molecule has 1 saturated heterocycles. The Hall–Kier alpha value is -1.45. The highest BCUT2D eigenvalue weighted by Crippen LogP contribution is 2.19. The van der Waals surface area contributed by atoms with Crippen molar-refractivity contribution in [3.8, 4) is 0 Å². The Morgan fingerprint density at radius 2 is 2.20 bits per heavy atom. The van der Waals surface area contributed by atoms with E-state index in [0.29, 0.717) is 12.0 Å². The molecular formula is C17H22N2O. The number of aryl methyl sites for hydroxylation is 1. The predicted molar refractivity (Wildman–Crippen MR) is 81.7 cm³/mol. The fourth-order valence-electron chi connectivity index (χ4n) is 2.83. The zero-order valence-corrected chi connectivity index (χ0v) is 12.2. The minimum absolute atomic E-state index is 0.395. The molecule has 1 N–H and O–H groups in total. The lowest BCUT2D eigenvalue weighted by Gasteiger charge is -2.14. The number of aromatic nitrogens is 1. The van der Waals surface area contributed by atoms with Crippen LogP contribution >= 0.6 is 0 Å². The molecule has 1 aromatic carbocycles. The van der Waals surface area contributed by atoms with Crippen LogP contribution in [0.3, 0.4) is 0 Å². The van der Waals surface area contributed by atoms with Crippen LogP contribution in [-0.4, -0.2) is 24.2 Å². The Bertz CT molecular complexity index is 597. The Balaban J connectivity index is 1.61. The third-order valence-corrected chi connectivity index (χ3v) is 4.16. The summed E-state index contributed by atoms with van der Waals surface area (Å²) in [6, 6.07) is 10.7. The van der Waals surface area contributed by atoms with Gasteiger partial charge in [0, 0.05) is 30.8 Å². The molecule has 0 aliphatic carbocycles. The lowest BCUT2D eigenvalue weighted by molar-refractivity contribution is 0.105. The quantitative estimate of drug-likeness (QED) is 0.927. The number of benzene rings is 1. The molecule has 2 heterocycles. The lowest BCUT2D eigenvalue weighted by Crippen LogP contribution is -2.26. The predicted octanol–water partition coefficient (Wildman–Crippen LogP) is 3.06. The smallest absolute Gasteiger partial charge is 0.0705 e. The lowest BCUT2D eigenvalue weighted by atomic mass is 10.0. The number of nitrogens with zero attached hydrogens (tertiary/aromatic N) is 1. The Labute approximate surface area is 120 Å². The van der Waals surface area contributed by atoms with Crippen molar-refractivity contribution in [1.29, 1.82) is 0 Å². The van der Waals surface area contributed by atoms with Gasteiger partial charge in [-0.1, -0.05) is 12.1 Å². The highest BCUT2D eigenvalue weighted by molar-refractivity contribution is 5.79. The summed E-state index contributed by atoms with van der Waals surface area (Å²) in [5, 5.41) is 4.76. The maximum Gasteiger partial charge on any atom is 0.0705 e. The summed E-state index contributed by atoms with van der Waals surface area (Å²) in [5.41, 5.74) is 3.46. The van der Waals surface area contributed by atoms with Gasteiger partial charge in [-0.3, -0.25) is 4.98 Å². The minimum atomic E-state index is 0.395. The van der Waals surface area contributed by atoms with E-state index in [1.54, 1.807) is 0 Å². The maximum atomic E-state index is 5.59. The van der Waals surface area contributed by atoms with Gasteiger partial charge >= 0.3 is 0 Å². The molecule has 1 aromatic heterocycles. The van der Waals surface area contributed by atoms with Crippen LogP contribution < -0.4 is 5.32 Å². The zero-order valence-electron chi connectivity index (χ0n) is 12.2. The summed E-state index contributed by atoms with van der Waals surface area (Å²) in [5.74, 6) is 0.653. The van der Waals surface area contributed by atoms with E-state index in [4.69, 9.17) is 4.74 Å². The van der Waals surface area contributed by atoms with Crippen molar-refractivity contribution in [1.82, 2.24) is 10.3 Å². The largest absolute Gasteiger partial charge is 0.378 e. The van der Waals surface area contributed by atoms with Crippen molar-refractivity contribution >= 4 is 10.9 Å². The third-order valence-electron chi connectivity index (χ3n) is 4.16. The van der Waals surface area contributed by atoms with E-state index in [0.717, 1.165) is 30.9 Å². The molecule has 0 amide bonds. The molecule has 1 fully saturated rings. The fraction of sp³-hybridized carbons (Fsp3) is 0.471. The summed E-state index contributed by atoms with van der Waals surface area (Å²) < 4.78 is 5.59. The second-order valence-electron chi connectivity index (χ2n) is 5.74. The number of fused-ring (bicyclic) bond motifs is 1. The first-order chi connectivity index (χ1) is 9.72. The molecule has 3 nitrogen and oxygen atoms in total. The second-order valence-corrected chi connectivity index (χ2v) is 5.74. The number of pyridine rings is 1. The van der Waals surface area contributed by atoms with Gasteiger partial charge in [0.1, 0.15) is 0 Å². The van der Waals surface area contributed by atoms with Gasteiger partial charge in [0.05, 0.1) is 11.6 Å². The van der Waals surface area contributed by atoms with Gasteiger partial charge in [0.2, 0.25) is 0 Å². The summed E-state index contributed by atoms with van der Waals surface area (Å²) in [7, 11) is 0. The molecule has 2 atom stereocenters. The average molecular weight is 270 g/mol.